The molecule has 2 N–H and O–H groups in total. The Morgan fingerprint density at radius 1 is 1.21 bits per heavy atom. The second kappa shape index (κ2) is 8.26. The highest BCUT2D eigenvalue weighted by molar-refractivity contribution is 5.65. The monoisotopic (exact) mass is 455 g/mol. The van der Waals surface area contributed by atoms with Crippen molar-refractivity contribution in [2.24, 2.45) is 0 Å². The van der Waals surface area contributed by atoms with E-state index in [2.05, 4.69) is 62.4 Å². The molecule has 4 aromatic heterocycles. The highest BCUT2D eigenvalue weighted by Crippen LogP contribution is 2.38. The topological polar surface area (TPSA) is 132 Å². The average molecular weight is 456 g/mol. The predicted molar refractivity (Wildman–Crippen MR) is 126 cm³/mol. The lowest BCUT2D eigenvalue weighted by atomic mass is 9.92. The second-order valence-electron chi connectivity index (χ2n) is 9.36. The van der Waals surface area contributed by atoms with Crippen molar-refractivity contribution in [2.75, 3.05) is 16.8 Å². The number of H-pyrrole nitrogens is 1. The Kier molecular flexibility index (Phi) is 5.24. The van der Waals surface area contributed by atoms with E-state index in [4.69, 9.17) is 9.51 Å². The Morgan fingerprint density at radius 3 is 2.76 bits per heavy atom. The van der Waals surface area contributed by atoms with E-state index in [0.717, 1.165) is 24.4 Å². The third kappa shape index (κ3) is 4.08. The van der Waals surface area contributed by atoms with Gasteiger partial charge in [-0.3, -0.25) is 5.10 Å². The summed E-state index contributed by atoms with van der Waals surface area (Å²) >= 11 is 0. The van der Waals surface area contributed by atoms with E-state index in [-0.39, 0.29) is 11.5 Å². The van der Waals surface area contributed by atoms with Gasteiger partial charge in [0.05, 0.1) is 6.04 Å². The molecule has 10 heteroatoms. The number of hydrogen-bond acceptors (Lipinski definition) is 9. The number of nitriles is 1. The Labute approximate surface area is 197 Å². The number of aryl methyl sites for hydroxylation is 1. The molecule has 34 heavy (non-hydrogen) atoms. The number of nitrogens with one attached hydrogen (secondary N) is 2. The highest BCUT2D eigenvalue weighted by atomic mass is 16.5. The number of rotatable bonds is 5. The fraction of sp³-hybridized carbons (Fsp3) is 0.333. The van der Waals surface area contributed by atoms with Gasteiger partial charge in [-0.25, -0.2) is 9.97 Å². The second-order valence-corrected chi connectivity index (χ2v) is 9.36. The summed E-state index contributed by atoms with van der Waals surface area (Å²) in [6.07, 6.45) is 2.48. The van der Waals surface area contributed by atoms with Crippen LogP contribution in [0.2, 0.25) is 0 Å². The van der Waals surface area contributed by atoms with Crippen LogP contribution in [0.1, 0.15) is 56.1 Å². The van der Waals surface area contributed by atoms with Crippen LogP contribution in [0.15, 0.2) is 41.1 Å². The van der Waals surface area contributed by atoms with Crippen molar-refractivity contribution in [2.45, 2.75) is 45.6 Å². The lowest BCUT2D eigenvalue weighted by Gasteiger charge is -2.39. The van der Waals surface area contributed by atoms with Crippen LogP contribution >= 0.6 is 0 Å². The van der Waals surface area contributed by atoms with E-state index in [9.17, 15) is 5.26 Å². The molecule has 1 atom stereocenters. The standard InChI is InChI=1S/C24H25N9O/c1-14-10-21(28-22-12-20(30-31-22)24(2,3)4)29-23(27-14)33-9-7-18(33)19-11-16(32-34-19)15-6-5-8-26-17(15)13-25/h5-6,8,10-12,18H,7,9H2,1-4H3,(H2,27,28,29,30,31)/t18-/m0/s1. The van der Waals surface area contributed by atoms with Crippen LogP contribution < -0.4 is 10.2 Å². The normalized spacial score (nSPS) is 15.6. The van der Waals surface area contributed by atoms with Gasteiger partial charge in [-0.05, 0) is 25.5 Å². The fourth-order valence-corrected chi connectivity index (χ4v) is 3.84. The largest absolute Gasteiger partial charge is 0.359 e. The summed E-state index contributed by atoms with van der Waals surface area (Å²) in [6.45, 7) is 9.13. The van der Waals surface area contributed by atoms with Crippen molar-refractivity contribution in [3.05, 3.63) is 59.4 Å². The molecule has 0 spiro atoms. The fourth-order valence-electron chi connectivity index (χ4n) is 3.84. The van der Waals surface area contributed by atoms with Crippen molar-refractivity contribution < 1.29 is 4.52 Å². The number of aromatic amines is 1. The van der Waals surface area contributed by atoms with Crippen LogP contribution in [0.4, 0.5) is 17.6 Å². The molecule has 172 valence electrons. The quantitative estimate of drug-likeness (QED) is 0.448. The van der Waals surface area contributed by atoms with Crippen LogP contribution in [0, 0.1) is 18.3 Å². The Balaban J connectivity index is 1.37. The number of anilines is 3. The van der Waals surface area contributed by atoms with Crippen LogP contribution in [0.3, 0.4) is 0 Å². The lowest BCUT2D eigenvalue weighted by molar-refractivity contribution is 0.315. The molecule has 0 amide bonds. The van der Waals surface area contributed by atoms with Gasteiger partial charge in [0.15, 0.2) is 11.6 Å². The van der Waals surface area contributed by atoms with Crippen molar-refractivity contribution in [3.63, 3.8) is 0 Å². The molecular weight excluding hydrogens is 430 g/mol. The zero-order valence-corrected chi connectivity index (χ0v) is 19.5. The third-order valence-electron chi connectivity index (χ3n) is 5.81. The molecule has 0 unspecified atom stereocenters. The van der Waals surface area contributed by atoms with E-state index in [1.807, 2.05) is 31.2 Å². The summed E-state index contributed by atoms with van der Waals surface area (Å²) in [6, 6.07) is 11.4. The SMILES string of the molecule is Cc1cc(Nc2cc(C(C)(C)C)[nH]n2)nc(N2CC[C@H]2c2cc(-c3cccnc3C#N)no2)n1. The molecule has 0 bridgehead atoms. The smallest absolute Gasteiger partial charge is 0.228 e. The maximum atomic E-state index is 9.33. The summed E-state index contributed by atoms with van der Waals surface area (Å²) in [5.74, 6) is 2.70. The van der Waals surface area contributed by atoms with Gasteiger partial charge in [-0.2, -0.15) is 15.3 Å². The van der Waals surface area contributed by atoms with Gasteiger partial charge >= 0.3 is 0 Å². The molecule has 10 nitrogen and oxygen atoms in total. The minimum absolute atomic E-state index is 0.0235. The molecule has 5 rings (SSSR count). The molecule has 5 heterocycles. The summed E-state index contributed by atoms with van der Waals surface area (Å²) in [5.41, 5.74) is 3.42. The van der Waals surface area contributed by atoms with Crippen molar-refractivity contribution in [1.29, 1.82) is 5.26 Å². The summed E-state index contributed by atoms with van der Waals surface area (Å²) in [5, 5.41) is 24.2. The Morgan fingerprint density at radius 2 is 2.06 bits per heavy atom. The molecule has 1 aliphatic heterocycles. The average Bonchev–Trinajstić information content (AvgIpc) is 3.42. The van der Waals surface area contributed by atoms with Crippen LogP contribution in [0.5, 0.6) is 0 Å². The first-order chi connectivity index (χ1) is 16.3. The third-order valence-corrected chi connectivity index (χ3v) is 5.81. The van der Waals surface area contributed by atoms with Crippen molar-refractivity contribution >= 4 is 17.6 Å². The van der Waals surface area contributed by atoms with Gasteiger partial charge in [0.1, 0.15) is 23.3 Å². The molecule has 1 saturated heterocycles. The predicted octanol–water partition coefficient (Wildman–Crippen LogP) is 4.42. The van der Waals surface area contributed by atoms with Gasteiger partial charge in [-0.15, -0.1) is 0 Å². The van der Waals surface area contributed by atoms with Gasteiger partial charge in [-0.1, -0.05) is 25.9 Å². The van der Waals surface area contributed by atoms with Gasteiger partial charge in [0, 0.05) is 53.3 Å². The summed E-state index contributed by atoms with van der Waals surface area (Å²) in [4.78, 5) is 15.6. The Bertz CT molecular complexity index is 1380. The number of hydrogen-bond donors (Lipinski definition) is 2. The maximum Gasteiger partial charge on any atom is 0.228 e. The van der Waals surface area contributed by atoms with Gasteiger partial charge in [0.2, 0.25) is 5.95 Å². The van der Waals surface area contributed by atoms with Crippen molar-refractivity contribution in [1.82, 2.24) is 30.3 Å². The molecule has 0 aliphatic carbocycles. The number of aromatic nitrogens is 6. The lowest BCUT2D eigenvalue weighted by Crippen LogP contribution is -2.42. The molecule has 1 fully saturated rings. The van der Waals surface area contributed by atoms with E-state index in [1.165, 1.54) is 0 Å². The zero-order valence-electron chi connectivity index (χ0n) is 19.5. The number of pyridine rings is 1. The minimum atomic E-state index is -0.0315. The van der Waals surface area contributed by atoms with E-state index < -0.39 is 0 Å². The first-order valence-electron chi connectivity index (χ1n) is 11.1. The van der Waals surface area contributed by atoms with E-state index in [1.54, 1.807) is 12.3 Å². The summed E-state index contributed by atoms with van der Waals surface area (Å²) < 4.78 is 5.65. The molecule has 0 aromatic carbocycles. The molecular formula is C24H25N9O. The van der Waals surface area contributed by atoms with Crippen molar-refractivity contribution in [3.8, 4) is 17.3 Å². The highest BCUT2D eigenvalue weighted by Gasteiger charge is 2.35. The number of nitrogens with zero attached hydrogens (tertiary/aromatic N) is 7. The van der Waals surface area contributed by atoms with Crippen LogP contribution in [0.25, 0.3) is 11.3 Å². The van der Waals surface area contributed by atoms with Crippen LogP contribution in [-0.2, 0) is 5.41 Å². The minimum Gasteiger partial charge on any atom is -0.359 e. The zero-order chi connectivity index (χ0) is 23.9. The van der Waals surface area contributed by atoms with Crippen LogP contribution in [-0.4, -0.2) is 36.9 Å². The molecule has 0 radical (unpaired) electrons. The molecule has 0 saturated carbocycles. The Hall–Kier alpha value is -4.26. The van der Waals surface area contributed by atoms with Gasteiger partial charge < -0.3 is 14.7 Å². The summed E-state index contributed by atoms with van der Waals surface area (Å²) in [7, 11) is 0. The maximum absolute atomic E-state index is 9.33. The van der Waals surface area contributed by atoms with E-state index >= 15 is 0 Å². The first kappa shape index (κ1) is 21.6. The van der Waals surface area contributed by atoms with Gasteiger partial charge in [0.25, 0.3) is 0 Å². The molecule has 4 aromatic rings. The first-order valence-corrected chi connectivity index (χ1v) is 11.1. The molecule has 1 aliphatic rings. The van der Waals surface area contributed by atoms with E-state index in [0.29, 0.717) is 40.3 Å².